The number of hydrogen-bond donors (Lipinski definition) is 0. The summed E-state index contributed by atoms with van der Waals surface area (Å²) in [5.41, 5.74) is 1.75. The first-order chi connectivity index (χ1) is 8.56. The maximum Gasteiger partial charge on any atom is 0.276 e. The van der Waals surface area contributed by atoms with Crippen LogP contribution in [0.1, 0.15) is 32.8 Å². The normalized spacial score (nSPS) is 12.6. The first-order valence-corrected chi connectivity index (χ1v) is 6.68. The largest absolute Gasteiger partial charge is 0.276 e. The number of allylic oxidation sites excluding steroid dienone is 3. The molecule has 1 rings (SSSR count). The van der Waals surface area contributed by atoms with Gasteiger partial charge in [-0.15, -0.1) is 11.8 Å². The average molecular weight is 263 g/mol. The quantitative estimate of drug-likeness (QED) is 0.554. The van der Waals surface area contributed by atoms with Crippen LogP contribution in [0, 0.1) is 10.1 Å². The number of benzene rings is 1. The number of hydrogen-bond acceptors (Lipinski definition) is 3. The second-order valence-corrected chi connectivity index (χ2v) is 5.03. The molecule has 0 fully saturated rings. The molecule has 1 aromatic rings. The van der Waals surface area contributed by atoms with Gasteiger partial charge in [-0.25, -0.2) is 0 Å². The Balaban J connectivity index is 2.97. The highest BCUT2D eigenvalue weighted by molar-refractivity contribution is 8.05. The molecule has 0 spiro atoms. The van der Waals surface area contributed by atoms with Crippen LogP contribution in [0.25, 0.3) is 5.57 Å². The van der Waals surface area contributed by atoms with E-state index in [4.69, 9.17) is 0 Å². The predicted octanol–water partition coefficient (Wildman–Crippen LogP) is 5.00. The van der Waals surface area contributed by atoms with Gasteiger partial charge in [-0.05, 0) is 42.2 Å². The molecule has 4 heteroatoms. The van der Waals surface area contributed by atoms with Gasteiger partial charge in [0.25, 0.3) is 5.69 Å². The van der Waals surface area contributed by atoms with Crippen molar-refractivity contribution in [3.8, 4) is 0 Å². The molecule has 0 saturated heterocycles. The minimum atomic E-state index is -0.341. The van der Waals surface area contributed by atoms with Gasteiger partial charge in [0.1, 0.15) is 0 Å². The fourth-order valence-electron chi connectivity index (χ4n) is 1.55. The van der Waals surface area contributed by atoms with Crippen molar-refractivity contribution in [2.75, 3.05) is 0 Å². The number of nitro groups is 1. The lowest BCUT2D eigenvalue weighted by molar-refractivity contribution is -0.385. The smallest absolute Gasteiger partial charge is 0.258 e. The molecule has 0 aliphatic rings. The van der Waals surface area contributed by atoms with Crippen LogP contribution in [0.3, 0.4) is 0 Å². The van der Waals surface area contributed by atoms with Crippen LogP contribution in [0.2, 0.25) is 0 Å². The Morgan fingerprint density at radius 1 is 1.39 bits per heavy atom. The number of para-hydroxylation sites is 1. The topological polar surface area (TPSA) is 43.1 Å². The van der Waals surface area contributed by atoms with Crippen LogP contribution in [0.15, 0.2) is 40.7 Å². The lowest BCUT2D eigenvalue weighted by Crippen LogP contribution is -1.92. The summed E-state index contributed by atoms with van der Waals surface area (Å²) in [4.78, 5) is 11.8. The van der Waals surface area contributed by atoms with E-state index in [-0.39, 0.29) is 10.6 Å². The molecule has 0 aliphatic carbocycles. The molecular formula is C14H17NO2S. The zero-order valence-corrected chi connectivity index (χ0v) is 11.7. The third kappa shape index (κ3) is 4.04. The van der Waals surface area contributed by atoms with Gasteiger partial charge in [-0.2, -0.15) is 0 Å². The highest BCUT2D eigenvalue weighted by Gasteiger charge is 2.13. The maximum absolute atomic E-state index is 10.9. The molecule has 0 bridgehead atoms. The monoisotopic (exact) mass is 263 g/mol. The van der Waals surface area contributed by atoms with E-state index in [2.05, 4.69) is 13.0 Å². The molecule has 1 aromatic carbocycles. The first-order valence-electron chi connectivity index (χ1n) is 5.80. The molecule has 18 heavy (non-hydrogen) atoms. The first kappa shape index (κ1) is 14.5. The summed E-state index contributed by atoms with van der Waals surface area (Å²) < 4.78 is 0. The van der Waals surface area contributed by atoms with Gasteiger partial charge in [-0.3, -0.25) is 10.1 Å². The Morgan fingerprint density at radius 2 is 2.06 bits per heavy atom. The van der Waals surface area contributed by atoms with E-state index in [1.807, 2.05) is 25.3 Å². The third-order valence-corrected chi connectivity index (χ3v) is 3.45. The van der Waals surface area contributed by atoms with E-state index in [0.29, 0.717) is 5.56 Å². The van der Waals surface area contributed by atoms with Crippen molar-refractivity contribution in [2.24, 2.45) is 0 Å². The molecule has 0 atom stereocenters. The van der Waals surface area contributed by atoms with E-state index in [9.17, 15) is 10.1 Å². The lowest BCUT2D eigenvalue weighted by Gasteiger charge is -2.03. The van der Waals surface area contributed by atoms with Gasteiger partial charge >= 0.3 is 0 Å². The van der Waals surface area contributed by atoms with E-state index >= 15 is 0 Å². The van der Waals surface area contributed by atoms with Crippen LogP contribution in [0.5, 0.6) is 0 Å². The minimum absolute atomic E-state index is 0.156. The van der Waals surface area contributed by atoms with Gasteiger partial charge in [0, 0.05) is 6.07 Å². The van der Waals surface area contributed by atoms with Crippen molar-refractivity contribution in [2.45, 2.75) is 27.2 Å². The average Bonchev–Trinajstić information content (AvgIpc) is 2.36. The summed E-state index contributed by atoms with van der Waals surface area (Å²) >= 11 is 1.60. The second kappa shape index (κ2) is 7.01. The van der Waals surface area contributed by atoms with E-state index < -0.39 is 0 Å². The standard InChI is InChI=1S/C14H17NO2S/c1-4-7-12(3)18-10-11(2)13-8-5-6-9-14(13)15(16)17/h5-10H,4H2,1-3H3/b11-10+,12-7+. The summed E-state index contributed by atoms with van der Waals surface area (Å²) in [6.45, 7) is 6.02. The Kier molecular flexibility index (Phi) is 5.65. The van der Waals surface area contributed by atoms with Gasteiger partial charge in [0.2, 0.25) is 0 Å². The highest BCUT2D eigenvalue weighted by atomic mass is 32.2. The van der Waals surface area contributed by atoms with Gasteiger partial charge < -0.3 is 0 Å². The van der Waals surface area contributed by atoms with Gasteiger partial charge in [-0.1, -0.05) is 25.1 Å². The van der Waals surface area contributed by atoms with Crippen molar-refractivity contribution in [1.82, 2.24) is 0 Å². The molecule has 0 saturated carbocycles. The van der Waals surface area contributed by atoms with Crippen molar-refractivity contribution in [3.05, 3.63) is 56.3 Å². The highest BCUT2D eigenvalue weighted by Crippen LogP contribution is 2.29. The molecule has 0 unspecified atom stereocenters. The van der Waals surface area contributed by atoms with Crippen LogP contribution in [-0.4, -0.2) is 4.92 Å². The molecule has 0 radical (unpaired) electrons. The van der Waals surface area contributed by atoms with Crippen LogP contribution < -0.4 is 0 Å². The Hall–Kier alpha value is -1.55. The van der Waals surface area contributed by atoms with E-state index in [0.717, 1.165) is 12.0 Å². The zero-order valence-electron chi connectivity index (χ0n) is 10.8. The molecule has 3 nitrogen and oxygen atoms in total. The Labute approximate surface area is 112 Å². The Bertz CT molecular complexity index is 492. The van der Waals surface area contributed by atoms with Gasteiger partial charge in [0.15, 0.2) is 0 Å². The molecule has 0 N–H and O–H groups in total. The van der Waals surface area contributed by atoms with Crippen LogP contribution >= 0.6 is 11.8 Å². The SMILES string of the molecule is CC/C=C(\C)S/C=C(\C)c1ccccc1[N+](=O)[O-]. The predicted molar refractivity (Wildman–Crippen MR) is 78.4 cm³/mol. The van der Waals surface area contributed by atoms with E-state index in [1.165, 1.54) is 11.0 Å². The summed E-state index contributed by atoms with van der Waals surface area (Å²) in [7, 11) is 0. The molecular weight excluding hydrogens is 246 g/mol. The fraction of sp³-hybridized carbons (Fsp3) is 0.286. The Morgan fingerprint density at radius 3 is 2.67 bits per heavy atom. The van der Waals surface area contributed by atoms with Crippen molar-refractivity contribution in [3.63, 3.8) is 0 Å². The van der Waals surface area contributed by atoms with E-state index in [1.54, 1.807) is 23.9 Å². The van der Waals surface area contributed by atoms with Crippen LogP contribution in [-0.2, 0) is 0 Å². The van der Waals surface area contributed by atoms with Gasteiger partial charge in [0.05, 0.1) is 10.5 Å². The number of nitro benzene ring substituents is 1. The fourth-order valence-corrected chi connectivity index (χ4v) is 2.30. The summed E-state index contributed by atoms with van der Waals surface area (Å²) in [6.07, 6.45) is 3.13. The van der Waals surface area contributed by atoms with Crippen molar-refractivity contribution < 1.29 is 4.92 Å². The summed E-state index contributed by atoms with van der Waals surface area (Å²) in [5, 5.41) is 12.9. The van der Waals surface area contributed by atoms with Crippen LogP contribution in [0.4, 0.5) is 5.69 Å². The molecule has 0 aromatic heterocycles. The molecule has 0 amide bonds. The number of thioether (sulfide) groups is 1. The summed E-state index contributed by atoms with van der Waals surface area (Å²) in [5.74, 6) is 0. The zero-order chi connectivity index (χ0) is 13.5. The minimum Gasteiger partial charge on any atom is -0.258 e. The molecule has 0 heterocycles. The lowest BCUT2D eigenvalue weighted by atomic mass is 10.1. The maximum atomic E-state index is 10.9. The second-order valence-electron chi connectivity index (χ2n) is 3.92. The van der Waals surface area contributed by atoms with Crippen molar-refractivity contribution >= 4 is 23.0 Å². The van der Waals surface area contributed by atoms with Crippen molar-refractivity contribution in [1.29, 1.82) is 0 Å². The molecule has 96 valence electrons. The number of nitrogens with zero attached hydrogens (tertiary/aromatic N) is 1. The molecule has 0 aliphatic heterocycles. The number of rotatable bonds is 5. The summed E-state index contributed by atoms with van der Waals surface area (Å²) in [6, 6.07) is 6.82. The third-order valence-electron chi connectivity index (χ3n) is 2.44.